The van der Waals surface area contributed by atoms with Crippen molar-refractivity contribution in [2.75, 3.05) is 24.7 Å². The van der Waals surface area contributed by atoms with Crippen LogP contribution >= 0.6 is 0 Å². The third-order valence-electron chi connectivity index (χ3n) is 7.04. The van der Waals surface area contributed by atoms with Crippen LogP contribution in [0.25, 0.3) is 5.52 Å². The lowest BCUT2D eigenvalue weighted by Gasteiger charge is -2.30. The summed E-state index contributed by atoms with van der Waals surface area (Å²) in [6, 6.07) is 5.34. The topological polar surface area (TPSA) is 102 Å². The maximum absolute atomic E-state index is 15.0. The van der Waals surface area contributed by atoms with Gasteiger partial charge in [-0.15, -0.1) is 0 Å². The maximum Gasteiger partial charge on any atom is 0.268 e. The predicted molar refractivity (Wildman–Crippen MR) is 137 cm³/mol. The minimum absolute atomic E-state index is 0.0552. The zero-order valence-electron chi connectivity index (χ0n) is 21.2. The molecule has 5 rings (SSSR count). The number of sulfonamides is 1. The molecule has 0 saturated carbocycles. The summed E-state index contributed by atoms with van der Waals surface area (Å²) in [5.41, 5.74) is 1.66. The quantitative estimate of drug-likeness (QED) is 0.477. The van der Waals surface area contributed by atoms with Crippen LogP contribution in [0.5, 0.6) is 5.75 Å². The molecule has 3 aromatic rings. The van der Waals surface area contributed by atoms with Gasteiger partial charge < -0.3 is 14.4 Å². The highest BCUT2D eigenvalue weighted by Gasteiger charge is 2.32. The van der Waals surface area contributed by atoms with Gasteiger partial charge in [-0.2, -0.15) is 5.10 Å². The zero-order valence-corrected chi connectivity index (χ0v) is 22.0. The van der Waals surface area contributed by atoms with E-state index in [1.165, 1.54) is 30.6 Å². The molecule has 2 fully saturated rings. The van der Waals surface area contributed by atoms with Crippen LogP contribution in [0, 0.1) is 11.6 Å². The number of hydrogen-bond donors (Lipinski definition) is 1. The molecule has 2 aromatic heterocycles. The lowest BCUT2D eigenvalue weighted by atomic mass is 10.0. The summed E-state index contributed by atoms with van der Waals surface area (Å²) >= 11 is 0. The monoisotopic (exact) mass is 548 g/mol. The Morgan fingerprint density at radius 1 is 1.18 bits per heavy atom. The number of ether oxygens (including phenoxy) is 2. The van der Waals surface area contributed by atoms with Crippen LogP contribution in [0.1, 0.15) is 61.5 Å². The summed E-state index contributed by atoms with van der Waals surface area (Å²) in [7, 11) is -3.83. The molecule has 4 heterocycles. The number of benzene rings is 1. The number of nitrogens with zero attached hydrogens (tertiary/aromatic N) is 3. The van der Waals surface area contributed by atoms with E-state index in [0.717, 1.165) is 12.5 Å². The van der Waals surface area contributed by atoms with E-state index in [1.807, 2.05) is 4.90 Å². The summed E-state index contributed by atoms with van der Waals surface area (Å²) in [5, 5.41) is 3.40. The van der Waals surface area contributed by atoms with Gasteiger partial charge in [0.05, 0.1) is 41.8 Å². The first kappa shape index (κ1) is 26.4. The molecule has 9 nitrogen and oxygen atoms in total. The first-order valence-corrected chi connectivity index (χ1v) is 14.2. The number of fused-ring (bicyclic) bond motifs is 1. The Labute approximate surface area is 219 Å². The highest BCUT2D eigenvalue weighted by molar-refractivity contribution is 7.90. The Morgan fingerprint density at radius 2 is 1.95 bits per heavy atom. The molecular weight excluding hydrogens is 518 g/mol. The molecule has 1 aromatic carbocycles. The van der Waals surface area contributed by atoms with Gasteiger partial charge in [-0.05, 0) is 44.9 Å². The number of nitrogens with one attached hydrogen (secondary N) is 1. The molecule has 2 aliphatic heterocycles. The predicted octanol–water partition coefficient (Wildman–Crippen LogP) is 3.98. The van der Waals surface area contributed by atoms with Crippen molar-refractivity contribution >= 4 is 27.1 Å². The fourth-order valence-electron chi connectivity index (χ4n) is 4.94. The van der Waals surface area contributed by atoms with Gasteiger partial charge in [-0.1, -0.05) is 0 Å². The molecule has 12 heteroatoms. The van der Waals surface area contributed by atoms with Crippen LogP contribution < -0.4 is 14.4 Å². The van der Waals surface area contributed by atoms with Crippen LogP contribution in [0.3, 0.4) is 0 Å². The van der Waals surface area contributed by atoms with Crippen LogP contribution in [0.4, 0.5) is 14.5 Å². The van der Waals surface area contributed by atoms with E-state index in [-0.39, 0.29) is 23.5 Å². The average Bonchev–Trinajstić information content (AvgIpc) is 3.53. The van der Waals surface area contributed by atoms with Gasteiger partial charge in [-0.3, -0.25) is 4.79 Å². The van der Waals surface area contributed by atoms with Gasteiger partial charge in [0.1, 0.15) is 11.9 Å². The van der Waals surface area contributed by atoms with Crippen LogP contribution in [0.15, 0.2) is 36.7 Å². The fourth-order valence-corrected chi connectivity index (χ4v) is 5.54. The molecule has 2 aliphatic rings. The van der Waals surface area contributed by atoms with Crippen molar-refractivity contribution < 1.29 is 31.5 Å². The molecule has 1 N–H and O–H groups in total. The zero-order chi connectivity index (χ0) is 27.0. The minimum atomic E-state index is -3.83. The van der Waals surface area contributed by atoms with E-state index in [9.17, 15) is 17.6 Å². The van der Waals surface area contributed by atoms with E-state index in [2.05, 4.69) is 9.82 Å². The van der Waals surface area contributed by atoms with Gasteiger partial charge in [0.2, 0.25) is 10.0 Å². The van der Waals surface area contributed by atoms with Crippen LogP contribution in [-0.4, -0.2) is 55.1 Å². The smallest absolute Gasteiger partial charge is 0.268 e. The highest BCUT2D eigenvalue weighted by Crippen LogP contribution is 2.42. The van der Waals surface area contributed by atoms with Crippen molar-refractivity contribution in [1.82, 2.24) is 14.3 Å². The van der Waals surface area contributed by atoms with Crippen molar-refractivity contribution in [3.05, 3.63) is 59.4 Å². The summed E-state index contributed by atoms with van der Waals surface area (Å²) in [6.07, 6.45) is 5.44. The summed E-state index contributed by atoms with van der Waals surface area (Å²) in [6.45, 7) is 4.63. The second kappa shape index (κ2) is 10.5. The van der Waals surface area contributed by atoms with E-state index in [0.29, 0.717) is 55.8 Å². The van der Waals surface area contributed by atoms with E-state index >= 15 is 4.39 Å². The van der Waals surface area contributed by atoms with E-state index < -0.39 is 32.8 Å². The summed E-state index contributed by atoms with van der Waals surface area (Å²) in [5.74, 6) is -2.14. The van der Waals surface area contributed by atoms with Crippen LogP contribution in [-0.2, 0) is 14.8 Å². The molecule has 0 spiro atoms. The fraction of sp³-hybridized carbons (Fsp3) is 0.462. The van der Waals surface area contributed by atoms with E-state index in [4.69, 9.17) is 9.47 Å². The largest absolute Gasteiger partial charge is 0.487 e. The lowest BCUT2D eigenvalue weighted by molar-refractivity contribution is 0.0234. The minimum Gasteiger partial charge on any atom is -0.487 e. The first-order chi connectivity index (χ1) is 18.1. The van der Waals surface area contributed by atoms with Crippen molar-refractivity contribution in [2.24, 2.45) is 0 Å². The van der Waals surface area contributed by atoms with Crippen molar-refractivity contribution in [3.63, 3.8) is 0 Å². The summed E-state index contributed by atoms with van der Waals surface area (Å²) in [4.78, 5) is 14.8. The lowest BCUT2D eigenvalue weighted by Crippen LogP contribution is -2.35. The number of amides is 1. The molecule has 0 aliphatic carbocycles. The van der Waals surface area contributed by atoms with Crippen molar-refractivity contribution in [2.45, 2.75) is 56.9 Å². The Morgan fingerprint density at radius 3 is 2.68 bits per heavy atom. The Balaban J connectivity index is 1.48. The number of rotatable bonds is 7. The van der Waals surface area contributed by atoms with Gasteiger partial charge in [0.15, 0.2) is 11.6 Å². The third kappa shape index (κ3) is 5.19. The summed E-state index contributed by atoms with van der Waals surface area (Å²) < 4.78 is 68.9. The molecule has 38 heavy (non-hydrogen) atoms. The molecule has 1 unspecified atom stereocenters. The number of halogens is 2. The number of hydrogen-bond acceptors (Lipinski definition) is 7. The second-order valence-corrected chi connectivity index (χ2v) is 12.1. The molecular formula is C26H30F2N4O5S. The molecule has 0 bridgehead atoms. The molecule has 204 valence electrons. The molecule has 1 atom stereocenters. The number of anilines is 1. The second-order valence-electron chi connectivity index (χ2n) is 9.88. The number of carbonyl (C=O) groups is 1. The van der Waals surface area contributed by atoms with Gasteiger partial charge in [0.25, 0.3) is 5.91 Å². The standard InChI is InChI=1S/C26H30F2N4O5S/c1-16(2)38(34,35)30-26(33)21-15-29-32-9-5-18(14-24(21)32)31-8-3-4-23(31)20-12-17(27)13-22(28)25(20)37-19-6-10-36-11-7-19/h5,9,12-16,19,23H,3-4,6-8,10-11H2,1-2H3,(H,30,33). The van der Waals surface area contributed by atoms with Gasteiger partial charge in [-0.25, -0.2) is 26.4 Å². The van der Waals surface area contributed by atoms with Gasteiger partial charge >= 0.3 is 0 Å². The van der Waals surface area contributed by atoms with Gasteiger partial charge in [0, 0.05) is 42.9 Å². The highest BCUT2D eigenvalue weighted by atomic mass is 32.2. The molecule has 2 saturated heterocycles. The van der Waals surface area contributed by atoms with E-state index in [1.54, 1.807) is 18.3 Å². The first-order valence-electron chi connectivity index (χ1n) is 12.7. The Bertz CT molecular complexity index is 1450. The molecule has 1 amide bonds. The average molecular weight is 549 g/mol. The normalized spacial score (nSPS) is 18.9. The Hall–Kier alpha value is -3.25. The van der Waals surface area contributed by atoms with Crippen molar-refractivity contribution in [3.8, 4) is 5.75 Å². The molecule has 0 radical (unpaired) electrons. The number of aromatic nitrogens is 2. The number of pyridine rings is 1. The number of carbonyl (C=O) groups excluding carboxylic acids is 1. The van der Waals surface area contributed by atoms with Crippen LogP contribution in [0.2, 0.25) is 0 Å². The van der Waals surface area contributed by atoms with Crippen molar-refractivity contribution in [1.29, 1.82) is 0 Å². The SMILES string of the molecule is CC(C)S(=O)(=O)NC(=O)c1cnn2ccc(N3CCCC3c3cc(F)cc(F)c3OC3CCOCC3)cc12. The maximum atomic E-state index is 15.0. The third-order valence-corrected chi connectivity index (χ3v) is 8.75. The Kier molecular flexibility index (Phi) is 7.28.